The second kappa shape index (κ2) is 5.19. The molecule has 1 fully saturated rings. The lowest BCUT2D eigenvalue weighted by Crippen LogP contribution is -2.37. The molecular formula is C16H17N3O4. The number of carbonyl (C=O) groups excluding carboxylic acids is 3. The first-order chi connectivity index (χ1) is 10.9. The summed E-state index contributed by atoms with van der Waals surface area (Å²) in [4.78, 5) is 38.4. The van der Waals surface area contributed by atoms with Gasteiger partial charge in [0, 0.05) is 0 Å². The van der Waals surface area contributed by atoms with E-state index in [1.54, 1.807) is 0 Å². The Morgan fingerprint density at radius 3 is 2.35 bits per heavy atom. The minimum Gasteiger partial charge on any atom is -0.464 e. The number of ether oxygens (including phenoxy) is 1. The SMILES string of the molecule is COC(=O)C1=NN[C@@H]2C(=O)N(c3c(C)cc(C)cc3C)C(=O)[C@@H]12. The molecule has 0 saturated carbocycles. The van der Waals surface area contributed by atoms with Crippen molar-refractivity contribution < 1.29 is 19.1 Å². The van der Waals surface area contributed by atoms with E-state index in [0.717, 1.165) is 21.6 Å². The average Bonchev–Trinajstić information content (AvgIpc) is 3.01. The summed E-state index contributed by atoms with van der Waals surface area (Å²) in [5.41, 5.74) is 5.83. The van der Waals surface area contributed by atoms with Crippen LogP contribution in [-0.4, -0.2) is 36.6 Å². The molecule has 1 aromatic rings. The van der Waals surface area contributed by atoms with E-state index in [2.05, 4.69) is 15.3 Å². The van der Waals surface area contributed by atoms with Crippen LogP contribution < -0.4 is 10.3 Å². The third-order valence-electron chi connectivity index (χ3n) is 4.18. The number of esters is 1. The van der Waals surface area contributed by atoms with E-state index in [1.807, 2.05) is 32.9 Å². The molecule has 0 spiro atoms. The molecule has 1 N–H and O–H groups in total. The second-order valence-electron chi connectivity index (χ2n) is 5.83. The molecule has 7 heteroatoms. The van der Waals surface area contributed by atoms with Crippen molar-refractivity contribution in [1.82, 2.24) is 5.43 Å². The third-order valence-corrected chi connectivity index (χ3v) is 4.18. The van der Waals surface area contributed by atoms with Gasteiger partial charge in [0.25, 0.3) is 5.91 Å². The standard InChI is InChI=1S/C16H17N3O4/c1-7-5-8(2)13(9(3)6-7)19-14(20)10-11(15(19)21)17-18-12(10)16(22)23-4/h5-6,10-11,17H,1-4H3/t10-,11+/m1/s1. The number of nitrogens with zero attached hydrogens (tertiary/aromatic N) is 2. The fourth-order valence-electron chi connectivity index (χ4n) is 3.31. The lowest BCUT2D eigenvalue weighted by molar-refractivity contribution is -0.133. The summed E-state index contributed by atoms with van der Waals surface area (Å²) in [7, 11) is 1.21. The topological polar surface area (TPSA) is 88.1 Å². The van der Waals surface area contributed by atoms with Gasteiger partial charge in [0.2, 0.25) is 5.91 Å². The van der Waals surface area contributed by atoms with Crippen molar-refractivity contribution in [3.8, 4) is 0 Å². The van der Waals surface area contributed by atoms with E-state index in [0.29, 0.717) is 5.69 Å². The molecule has 1 aromatic carbocycles. The van der Waals surface area contributed by atoms with Gasteiger partial charge in [-0.3, -0.25) is 15.0 Å². The number of rotatable bonds is 2. The Bertz CT molecular complexity index is 746. The fourth-order valence-corrected chi connectivity index (χ4v) is 3.31. The van der Waals surface area contributed by atoms with Crippen LogP contribution in [0.25, 0.3) is 0 Å². The number of methoxy groups -OCH3 is 1. The highest BCUT2D eigenvalue weighted by Crippen LogP contribution is 2.35. The maximum atomic E-state index is 12.8. The maximum absolute atomic E-state index is 12.8. The Morgan fingerprint density at radius 1 is 1.17 bits per heavy atom. The van der Waals surface area contributed by atoms with Crippen molar-refractivity contribution in [2.45, 2.75) is 26.8 Å². The molecule has 23 heavy (non-hydrogen) atoms. The van der Waals surface area contributed by atoms with Gasteiger partial charge in [0.05, 0.1) is 12.8 Å². The zero-order valence-corrected chi connectivity index (χ0v) is 13.3. The highest BCUT2D eigenvalue weighted by Gasteiger charge is 2.56. The molecule has 2 aliphatic rings. The molecule has 2 aliphatic heterocycles. The average molecular weight is 315 g/mol. The van der Waals surface area contributed by atoms with Crippen LogP contribution in [0.4, 0.5) is 5.69 Å². The van der Waals surface area contributed by atoms with Crippen LogP contribution in [0, 0.1) is 26.7 Å². The number of imide groups is 1. The summed E-state index contributed by atoms with van der Waals surface area (Å²) < 4.78 is 4.64. The molecular weight excluding hydrogens is 298 g/mol. The summed E-state index contributed by atoms with van der Waals surface area (Å²) in [5, 5.41) is 3.80. The minimum absolute atomic E-state index is 0.0548. The van der Waals surface area contributed by atoms with Crippen LogP contribution in [0.2, 0.25) is 0 Å². The number of nitrogens with one attached hydrogen (secondary N) is 1. The number of amides is 2. The van der Waals surface area contributed by atoms with Gasteiger partial charge in [-0.2, -0.15) is 5.10 Å². The number of carbonyl (C=O) groups is 3. The van der Waals surface area contributed by atoms with Gasteiger partial charge in [0.15, 0.2) is 5.71 Å². The predicted molar refractivity (Wildman–Crippen MR) is 83.0 cm³/mol. The van der Waals surface area contributed by atoms with E-state index in [9.17, 15) is 14.4 Å². The van der Waals surface area contributed by atoms with Crippen LogP contribution in [0.3, 0.4) is 0 Å². The van der Waals surface area contributed by atoms with Gasteiger partial charge in [0.1, 0.15) is 12.0 Å². The molecule has 2 amide bonds. The van der Waals surface area contributed by atoms with E-state index < -0.39 is 29.7 Å². The molecule has 120 valence electrons. The van der Waals surface area contributed by atoms with Crippen molar-refractivity contribution in [2.24, 2.45) is 11.0 Å². The smallest absolute Gasteiger partial charge is 0.355 e. The lowest BCUT2D eigenvalue weighted by atomic mass is 9.99. The Morgan fingerprint density at radius 2 is 1.78 bits per heavy atom. The molecule has 2 atom stereocenters. The van der Waals surface area contributed by atoms with Gasteiger partial charge in [-0.1, -0.05) is 17.7 Å². The van der Waals surface area contributed by atoms with Crippen molar-refractivity contribution >= 4 is 29.2 Å². The zero-order valence-electron chi connectivity index (χ0n) is 13.3. The van der Waals surface area contributed by atoms with Crippen molar-refractivity contribution in [3.05, 3.63) is 28.8 Å². The highest BCUT2D eigenvalue weighted by molar-refractivity contribution is 6.46. The molecule has 1 saturated heterocycles. The summed E-state index contributed by atoms with van der Waals surface area (Å²) >= 11 is 0. The molecule has 0 aromatic heterocycles. The van der Waals surface area contributed by atoms with Crippen molar-refractivity contribution in [1.29, 1.82) is 0 Å². The first-order valence-corrected chi connectivity index (χ1v) is 7.24. The molecule has 7 nitrogen and oxygen atoms in total. The Balaban J connectivity index is 2.05. The highest BCUT2D eigenvalue weighted by atomic mass is 16.5. The quantitative estimate of drug-likeness (QED) is 0.638. The zero-order chi connectivity index (χ0) is 16.9. The fraction of sp³-hybridized carbons (Fsp3) is 0.375. The number of benzene rings is 1. The van der Waals surface area contributed by atoms with Crippen LogP contribution in [0.1, 0.15) is 16.7 Å². The minimum atomic E-state index is -0.935. The molecule has 0 aliphatic carbocycles. The van der Waals surface area contributed by atoms with Crippen LogP contribution >= 0.6 is 0 Å². The van der Waals surface area contributed by atoms with Gasteiger partial charge in [-0.25, -0.2) is 9.69 Å². The Kier molecular flexibility index (Phi) is 3.43. The Labute approximate surface area is 133 Å². The van der Waals surface area contributed by atoms with Gasteiger partial charge in [-0.15, -0.1) is 0 Å². The van der Waals surface area contributed by atoms with Crippen molar-refractivity contribution in [3.63, 3.8) is 0 Å². The second-order valence-corrected chi connectivity index (χ2v) is 5.83. The molecule has 0 bridgehead atoms. The monoisotopic (exact) mass is 315 g/mol. The van der Waals surface area contributed by atoms with Crippen LogP contribution in [0.15, 0.2) is 17.2 Å². The van der Waals surface area contributed by atoms with Crippen LogP contribution in [0.5, 0.6) is 0 Å². The van der Waals surface area contributed by atoms with Crippen LogP contribution in [-0.2, 0) is 19.1 Å². The number of hydrogen-bond donors (Lipinski definition) is 1. The maximum Gasteiger partial charge on any atom is 0.355 e. The third kappa shape index (κ3) is 2.11. The number of hydrogen-bond acceptors (Lipinski definition) is 6. The van der Waals surface area contributed by atoms with Gasteiger partial charge >= 0.3 is 5.97 Å². The summed E-state index contributed by atoms with van der Waals surface area (Å²) in [6, 6.07) is 2.98. The number of hydrazone groups is 1. The molecule has 0 unspecified atom stereocenters. The normalized spacial score (nSPS) is 22.8. The first kappa shape index (κ1) is 15.2. The van der Waals surface area contributed by atoms with E-state index in [1.165, 1.54) is 7.11 Å². The number of anilines is 1. The summed E-state index contributed by atoms with van der Waals surface area (Å²) in [6.45, 7) is 5.66. The van der Waals surface area contributed by atoms with E-state index >= 15 is 0 Å². The number of aryl methyl sites for hydroxylation is 3. The number of fused-ring (bicyclic) bond motifs is 1. The van der Waals surface area contributed by atoms with E-state index in [-0.39, 0.29) is 5.71 Å². The predicted octanol–water partition coefficient (Wildman–Crippen LogP) is 0.602. The lowest BCUT2D eigenvalue weighted by Gasteiger charge is -2.21. The van der Waals surface area contributed by atoms with Gasteiger partial charge < -0.3 is 4.74 Å². The van der Waals surface area contributed by atoms with Crippen molar-refractivity contribution in [2.75, 3.05) is 12.0 Å². The molecule has 0 radical (unpaired) electrons. The Hall–Kier alpha value is -2.70. The first-order valence-electron chi connectivity index (χ1n) is 7.24. The largest absolute Gasteiger partial charge is 0.464 e. The van der Waals surface area contributed by atoms with Gasteiger partial charge in [-0.05, 0) is 31.9 Å². The molecule has 2 heterocycles. The summed E-state index contributed by atoms with van der Waals surface area (Å²) in [6.07, 6.45) is 0. The summed E-state index contributed by atoms with van der Waals surface area (Å²) in [5.74, 6) is -2.50. The molecule has 3 rings (SSSR count). The van der Waals surface area contributed by atoms with E-state index in [4.69, 9.17) is 0 Å².